The van der Waals surface area contributed by atoms with E-state index in [-0.39, 0.29) is 29.9 Å². The molecule has 0 atom stereocenters. The average molecular weight is 494 g/mol. The lowest BCUT2D eigenvalue weighted by molar-refractivity contribution is 0.0682. The molecule has 0 aliphatic carbocycles. The Hall–Kier alpha value is -4.53. The van der Waals surface area contributed by atoms with E-state index in [0.29, 0.717) is 30.3 Å². The predicted octanol–water partition coefficient (Wildman–Crippen LogP) is 4.71. The van der Waals surface area contributed by atoms with Crippen molar-refractivity contribution in [3.8, 4) is 17.2 Å². The Bertz CT molecular complexity index is 1120. The van der Waals surface area contributed by atoms with E-state index < -0.39 is 23.3 Å². The van der Waals surface area contributed by atoms with Gasteiger partial charge in [0, 0.05) is 5.41 Å². The molecule has 0 radical (unpaired) electrons. The molecule has 0 aliphatic rings. The van der Waals surface area contributed by atoms with E-state index in [1.165, 1.54) is 36.4 Å². The number of ether oxygens (including phenoxy) is 3. The van der Waals surface area contributed by atoms with Crippen molar-refractivity contribution in [2.75, 3.05) is 19.8 Å². The van der Waals surface area contributed by atoms with Crippen LogP contribution in [0.2, 0.25) is 0 Å². The first kappa shape index (κ1) is 26.1. The van der Waals surface area contributed by atoms with Crippen LogP contribution in [0.3, 0.4) is 0 Å². The summed E-state index contributed by atoms with van der Waals surface area (Å²) in [5, 5.41) is 27.1. The van der Waals surface area contributed by atoms with Gasteiger partial charge in [-0.3, -0.25) is 0 Å². The fourth-order valence-corrected chi connectivity index (χ4v) is 3.20. The van der Waals surface area contributed by atoms with Crippen LogP contribution in [0.5, 0.6) is 17.2 Å². The highest BCUT2D eigenvalue weighted by Crippen LogP contribution is 2.27. The highest BCUT2D eigenvalue weighted by molar-refractivity contribution is 5.88. The molecule has 0 fully saturated rings. The summed E-state index contributed by atoms with van der Waals surface area (Å²) in [6.45, 7) is 2.70. The average Bonchev–Trinajstić information content (AvgIpc) is 2.87. The number of rotatable bonds is 13. The van der Waals surface area contributed by atoms with Crippen LogP contribution in [0, 0.1) is 5.41 Å². The third kappa shape index (κ3) is 7.49. The molecule has 0 spiro atoms. The zero-order chi connectivity index (χ0) is 26.1. The van der Waals surface area contributed by atoms with E-state index in [9.17, 15) is 14.4 Å². The minimum Gasteiger partial charge on any atom is -0.494 e. The van der Waals surface area contributed by atoms with Crippen molar-refractivity contribution in [1.29, 1.82) is 0 Å². The number of aromatic carboxylic acids is 3. The van der Waals surface area contributed by atoms with Gasteiger partial charge >= 0.3 is 17.9 Å². The minimum absolute atomic E-state index is 0.153. The fourth-order valence-electron chi connectivity index (χ4n) is 3.20. The molecule has 36 heavy (non-hydrogen) atoms. The van der Waals surface area contributed by atoms with Crippen molar-refractivity contribution in [1.82, 2.24) is 0 Å². The molecule has 3 rings (SSSR count). The summed E-state index contributed by atoms with van der Waals surface area (Å²) in [7, 11) is 0. The van der Waals surface area contributed by atoms with Crippen LogP contribution in [-0.2, 0) is 0 Å². The highest BCUT2D eigenvalue weighted by atomic mass is 16.5. The van der Waals surface area contributed by atoms with Crippen molar-refractivity contribution in [3.63, 3.8) is 0 Å². The predicted molar refractivity (Wildman–Crippen MR) is 129 cm³/mol. The summed E-state index contributed by atoms with van der Waals surface area (Å²) in [5.74, 6) is -1.54. The molecule has 0 saturated heterocycles. The lowest BCUT2D eigenvalue weighted by atomic mass is 9.89. The van der Waals surface area contributed by atoms with Gasteiger partial charge in [0.15, 0.2) is 0 Å². The van der Waals surface area contributed by atoms with Gasteiger partial charge in [0.05, 0.1) is 36.5 Å². The number of benzene rings is 3. The number of hydrogen-bond acceptors (Lipinski definition) is 6. The Kier molecular flexibility index (Phi) is 8.51. The Morgan fingerprint density at radius 3 is 1.19 bits per heavy atom. The van der Waals surface area contributed by atoms with Crippen LogP contribution in [0.4, 0.5) is 0 Å². The summed E-state index contributed by atoms with van der Waals surface area (Å²) in [4.78, 5) is 33.1. The molecule has 3 N–H and O–H groups in total. The maximum Gasteiger partial charge on any atom is 0.335 e. The van der Waals surface area contributed by atoms with E-state index in [4.69, 9.17) is 29.5 Å². The summed E-state index contributed by atoms with van der Waals surface area (Å²) >= 11 is 0. The zero-order valence-electron chi connectivity index (χ0n) is 19.5. The first-order chi connectivity index (χ1) is 17.1. The van der Waals surface area contributed by atoms with Gasteiger partial charge in [-0.1, -0.05) is 6.92 Å². The van der Waals surface area contributed by atoms with Gasteiger partial charge < -0.3 is 29.5 Å². The molecular formula is C27H26O9. The first-order valence-electron chi connectivity index (χ1n) is 11.0. The molecule has 0 heterocycles. The SMILES string of the molecule is CC(CCOc1ccc(C(=O)O)cc1)(COc1ccc(C(=O)O)cc1)COc1ccc(C(=O)O)cc1. The Morgan fingerprint density at radius 2 is 0.889 bits per heavy atom. The molecule has 0 aliphatic heterocycles. The van der Waals surface area contributed by atoms with Gasteiger partial charge in [0.25, 0.3) is 0 Å². The van der Waals surface area contributed by atoms with Crippen molar-refractivity contribution in [2.24, 2.45) is 5.41 Å². The molecular weight excluding hydrogens is 468 g/mol. The molecule has 0 unspecified atom stereocenters. The monoisotopic (exact) mass is 494 g/mol. The summed E-state index contributed by atoms with van der Waals surface area (Å²) in [6, 6.07) is 18.2. The normalized spacial score (nSPS) is 10.9. The minimum atomic E-state index is -1.03. The fraction of sp³-hybridized carbons (Fsp3) is 0.222. The van der Waals surface area contributed by atoms with E-state index in [1.807, 2.05) is 6.92 Å². The number of hydrogen-bond donors (Lipinski definition) is 3. The van der Waals surface area contributed by atoms with E-state index >= 15 is 0 Å². The van der Waals surface area contributed by atoms with Gasteiger partial charge in [0.1, 0.15) is 17.2 Å². The van der Waals surface area contributed by atoms with Gasteiger partial charge in [0.2, 0.25) is 0 Å². The smallest absolute Gasteiger partial charge is 0.335 e. The number of carboxylic acids is 3. The second-order valence-electron chi connectivity index (χ2n) is 8.48. The highest BCUT2D eigenvalue weighted by Gasteiger charge is 2.27. The molecule has 3 aromatic carbocycles. The quantitative estimate of drug-likeness (QED) is 0.308. The summed E-state index contributed by atoms with van der Waals surface area (Å²) in [5.41, 5.74) is -0.0734. The molecule has 9 heteroatoms. The standard InChI is InChI=1S/C27H26O9/c1-27(16-35-22-10-4-19(5-11-22)25(30)31,17-36-23-12-6-20(7-13-23)26(32)33)14-15-34-21-8-2-18(3-9-21)24(28)29/h2-13H,14-17H2,1H3,(H,28,29)(H,30,31)(H,32,33). The molecule has 0 bridgehead atoms. The van der Waals surface area contributed by atoms with Crippen molar-refractivity contribution >= 4 is 17.9 Å². The van der Waals surface area contributed by atoms with Crippen molar-refractivity contribution in [2.45, 2.75) is 13.3 Å². The molecule has 188 valence electrons. The summed E-state index contributed by atoms with van der Waals surface area (Å²) < 4.78 is 17.6. The molecule has 0 amide bonds. The van der Waals surface area contributed by atoms with Crippen LogP contribution in [0.1, 0.15) is 44.4 Å². The van der Waals surface area contributed by atoms with Gasteiger partial charge in [-0.25, -0.2) is 14.4 Å². The van der Waals surface area contributed by atoms with Gasteiger partial charge in [-0.05, 0) is 79.2 Å². The number of carbonyl (C=O) groups is 3. The van der Waals surface area contributed by atoms with Crippen LogP contribution >= 0.6 is 0 Å². The first-order valence-corrected chi connectivity index (χ1v) is 11.0. The van der Waals surface area contributed by atoms with Gasteiger partial charge in [-0.2, -0.15) is 0 Å². The lowest BCUT2D eigenvalue weighted by Gasteiger charge is -2.29. The second-order valence-corrected chi connectivity index (χ2v) is 8.48. The zero-order valence-corrected chi connectivity index (χ0v) is 19.5. The molecule has 3 aromatic rings. The summed E-state index contributed by atoms with van der Waals surface area (Å²) in [6.07, 6.45) is 0.508. The molecule has 9 nitrogen and oxygen atoms in total. The Balaban J connectivity index is 1.65. The lowest BCUT2D eigenvalue weighted by Crippen LogP contribution is -2.34. The largest absolute Gasteiger partial charge is 0.494 e. The molecule has 0 aromatic heterocycles. The van der Waals surface area contributed by atoms with E-state index in [2.05, 4.69) is 0 Å². The Labute approximate surface area is 207 Å². The van der Waals surface area contributed by atoms with Crippen LogP contribution < -0.4 is 14.2 Å². The maximum atomic E-state index is 11.1. The van der Waals surface area contributed by atoms with Gasteiger partial charge in [-0.15, -0.1) is 0 Å². The molecule has 0 saturated carbocycles. The third-order valence-corrected chi connectivity index (χ3v) is 5.45. The van der Waals surface area contributed by atoms with Crippen molar-refractivity contribution in [3.05, 3.63) is 89.5 Å². The maximum absolute atomic E-state index is 11.1. The van der Waals surface area contributed by atoms with E-state index in [0.717, 1.165) is 0 Å². The Morgan fingerprint density at radius 1 is 0.583 bits per heavy atom. The van der Waals surface area contributed by atoms with Crippen LogP contribution in [0.25, 0.3) is 0 Å². The van der Waals surface area contributed by atoms with Crippen molar-refractivity contribution < 1.29 is 43.9 Å². The van der Waals surface area contributed by atoms with Crippen LogP contribution in [-0.4, -0.2) is 53.0 Å². The third-order valence-electron chi connectivity index (χ3n) is 5.45. The topological polar surface area (TPSA) is 140 Å². The number of carboxylic acid groups (broad SMARTS) is 3. The van der Waals surface area contributed by atoms with Crippen LogP contribution in [0.15, 0.2) is 72.8 Å². The second kappa shape index (κ2) is 11.7. The van der Waals surface area contributed by atoms with E-state index in [1.54, 1.807) is 36.4 Å².